The molecule has 2 rings (SSSR count). The zero-order valence-corrected chi connectivity index (χ0v) is 8.64. The number of carbonyl (C=O) groups is 1. The molecule has 1 aromatic heterocycles. The Balaban J connectivity index is 2.71. The third kappa shape index (κ3) is 2.06. The summed E-state index contributed by atoms with van der Waals surface area (Å²) in [4.78, 5) is 26.5. The van der Waals surface area contributed by atoms with Crippen molar-refractivity contribution in [2.45, 2.75) is 6.92 Å². The van der Waals surface area contributed by atoms with Crippen LogP contribution in [0.3, 0.4) is 0 Å². The second kappa shape index (κ2) is 4.10. The highest BCUT2D eigenvalue weighted by Gasteiger charge is 2.03. The van der Waals surface area contributed by atoms with Gasteiger partial charge in [0.15, 0.2) is 5.75 Å². The lowest BCUT2D eigenvalue weighted by atomic mass is 10.3. The van der Waals surface area contributed by atoms with Crippen molar-refractivity contribution < 1.29 is 9.53 Å². The van der Waals surface area contributed by atoms with Gasteiger partial charge in [-0.3, -0.25) is 14.6 Å². The molecule has 4 heteroatoms. The van der Waals surface area contributed by atoms with E-state index in [2.05, 4.69) is 4.98 Å². The molecule has 0 atom stereocenters. The molecule has 0 saturated heterocycles. The molecule has 80 valence electrons. The Morgan fingerprint density at radius 2 is 2.12 bits per heavy atom. The SMILES string of the molecule is CC(=O)Oc1cc2cccnc2ccc1=O. The number of aromatic nitrogens is 1. The van der Waals surface area contributed by atoms with E-state index in [1.54, 1.807) is 24.4 Å². The molecule has 1 aromatic carbocycles. The predicted molar refractivity (Wildman–Crippen MR) is 59.3 cm³/mol. The number of ether oxygens (including phenoxy) is 1. The summed E-state index contributed by atoms with van der Waals surface area (Å²) in [6, 6.07) is 8.02. The number of hydrogen-bond donors (Lipinski definition) is 0. The van der Waals surface area contributed by atoms with Gasteiger partial charge in [-0.2, -0.15) is 0 Å². The molecule has 0 unspecified atom stereocenters. The molecular weight excluding hydrogens is 206 g/mol. The molecule has 2 aromatic rings. The summed E-state index contributed by atoms with van der Waals surface area (Å²) in [7, 11) is 0. The van der Waals surface area contributed by atoms with Crippen molar-refractivity contribution in [2.24, 2.45) is 0 Å². The number of pyridine rings is 1. The highest BCUT2D eigenvalue weighted by atomic mass is 16.5. The van der Waals surface area contributed by atoms with Crippen LogP contribution in [-0.4, -0.2) is 11.0 Å². The molecule has 0 aliphatic carbocycles. The lowest BCUT2D eigenvalue weighted by Gasteiger charge is -1.96. The highest BCUT2D eigenvalue weighted by molar-refractivity contribution is 5.79. The summed E-state index contributed by atoms with van der Waals surface area (Å²) >= 11 is 0. The molecule has 0 bridgehead atoms. The van der Waals surface area contributed by atoms with E-state index in [4.69, 9.17) is 4.74 Å². The minimum Gasteiger partial charge on any atom is -0.423 e. The van der Waals surface area contributed by atoms with E-state index in [9.17, 15) is 9.59 Å². The topological polar surface area (TPSA) is 56.3 Å². The van der Waals surface area contributed by atoms with Crippen molar-refractivity contribution in [3.8, 4) is 5.75 Å². The highest BCUT2D eigenvalue weighted by Crippen LogP contribution is 2.13. The van der Waals surface area contributed by atoms with Crippen molar-refractivity contribution >= 4 is 16.9 Å². The summed E-state index contributed by atoms with van der Waals surface area (Å²) < 4.78 is 4.83. The van der Waals surface area contributed by atoms with Crippen LogP contribution >= 0.6 is 0 Å². The Kier molecular flexibility index (Phi) is 2.64. The lowest BCUT2D eigenvalue weighted by molar-refractivity contribution is -0.131. The molecule has 0 amide bonds. The maximum Gasteiger partial charge on any atom is 0.308 e. The third-order valence-corrected chi connectivity index (χ3v) is 2.05. The van der Waals surface area contributed by atoms with Gasteiger partial charge in [0.1, 0.15) is 0 Å². The zero-order valence-electron chi connectivity index (χ0n) is 8.64. The third-order valence-electron chi connectivity index (χ3n) is 2.05. The van der Waals surface area contributed by atoms with Crippen LogP contribution in [0.25, 0.3) is 10.9 Å². The summed E-state index contributed by atoms with van der Waals surface area (Å²) in [5.74, 6) is -0.490. The molecule has 0 saturated carbocycles. The van der Waals surface area contributed by atoms with Gasteiger partial charge in [-0.25, -0.2) is 0 Å². The first-order chi connectivity index (χ1) is 7.66. The first-order valence-electron chi connectivity index (χ1n) is 4.74. The summed E-state index contributed by atoms with van der Waals surface area (Å²) in [5.41, 5.74) is 0.339. The van der Waals surface area contributed by atoms with Gasteiger partial charge in [-0.1, -0.05) is 6.07 Å². The van der Waals surface area contributed by atoms with Gasteiger partial charge in [0.25, 0.3) is 0 Å². The second-order valence-electron chi connectivity index (χ2n) is 3.28. The molecule has 1 heterocycles. The van der Waals surface area contributed by atoms with E-state index < -0.39 is 5.97 Å². The van der Waals surface area contributed by atoms with E-state index in [0.29, 0.717) is 5.52 Å². The van der Waals surface area contributed by atoms with Crippen molar-refractivity contribution in [3.05, 3.63) is 46.8 Å². The van der Waals surface area contributed by atoms with Crippen LogP contribution in [0.1, 0.15) is 6.92 Å². The molecule has 0 radical (unpaired) electrons. The second-order valence-corrected chi connectivity index (χ2v) is 3.28. The van der Waals surface area contributed by atoms with E-state index in [-0.39, 0.29) is 11.2 Å². The standard InChI is InChI=1S/C12H9NO3/c1-8(14)16-12-7-9-3-2-6-13-10(9)4-5-11(12)15/h2-7H,1H3. The van der Waals surface area contributed by atoms with Gasteiger partial charge in [-0.15, -0.1) is 0 Å². The fourth-order valence-corrected chi connectivity index (χ4v) is 1.37. The molecule has 0 fully saturated rings. The van der Waals surface area contributed by atoms with Crippen LogP contribution in [0, 0.1) is 0 Å². The van der Waals surface area contributed by atoms with E-state index in [1.807, 2.05) is 0 Å². The van der Waals surface area contributed by atoms with Gasteiger partial charge in [0.05, 0.1) is 5.52 Å². The summed E-state index contributed by atoms with van der Waals surface area (Å²) in [6.07, 6.45) is 1.64. The Hall–Kier alpha value is -2.23. The molecule has 0 aliphatic rings. The summed E-state index contributed by atoms with van der Waals surface area (Å²) in [6.45, 7) is 1.26. The Bertz CT molecular complexity index is 607. The van der Waals surface area contributed by atoms with Gasteiger partial charge >= 0.3 is 5.97 Å². The summed E-state index contributed by atoms with van der Waals surface area (Å²) in [5, 5.41) is 0.751. The molecular formula is C12H9NO3. The molecule has 4 nitrogen and oxygen atoms in total. The fraction of sp³-hybridized carbons (Fsp3) is 0.0833. The maximum atomic E-state index is 11.6. The van der Waals surface area contributed by atoms with Gasteiger partial charge in [0, 0.05) is 18.5 Å². The lowest BCUT2D eigenvalue weighted by Crippen LogP contribution is -2.08. The van der Waals surface area contributed by atoms with Crippen LogP contribution < -0.4 is 10.2 Å². The van der Waals surface area contributed by atoms with E-state index in [0.717, 1.165) is 5.39 Å². The molecule has 16 heavy (non-hydrogen) atoms. The normalized spacial score (nSPS) is 10.1. The average Bonchev–Trinajstić information content (AvgIpc) is 2.39. The minimum atomic E-state index is -0.514. The minimum absolute atomic E-state index is 0.0236. The van der Waals surface area contributed by atoms with E-state index in [1.165, 1.54) is 19.1 Å². The van der Waals surface area contributed by atoms with Crippen molar-refractivity contribution in [1.29, 1.82) is 0 Å². The Morgan fingerprint density at radius 1 is 1.31 bits per heavy atom. The van der Waals surface area contributed by atoms with Gasteiger partial charge in [0.2, 0.25) is 5.43 Å². The van der Waals surface area contributed by atoms with Crippen molar-refractivity contribution in [3.63, 3.8) is 0 Å². The van der Waals surface area contributed by atoms with Gasteiger partial charge < -0.3 is 4.74 Å². The number of fused-ring (bicyclic) bond motifs is 1. The predicted octanol–water partition coefficient (Wildman–Crippen LogP) is 1.52. The number of carbonyl (C=O) groups excluding carboxylic acids is 1. The zero-order chi connectivity index (χ0) is 11.5. The maximum absolute atomic E-state index is 11.6. The first-order valence-corrected chi connectivity index (χ1v) is 4.74. The monoisotopic (exact) mass is 215 g/mol. The Labute approximate surface area is 91.5 Å². The molecule has 0 spiro atoms. The van der Waals surface area contributed by atoms with Crippen molar-refractivity contribution in [2.75, 3.05) is 0 Å². The molecule has 0 aliphatic heterocycles. The van der Waals surface area contributed by atoms with Crippen LogP contribution in [0.5, 0.6) is 5.75 Å². The smallest absolute Gasteiger partial charge is 0.308 e. The van der Waals surface area contributed by atoms with Crippen molar-refractivity contribution in [1.82, 2.24) is 4.98 Å². The van der Waals surface area contributed by atoms with Crippen LogP contribution in [0.15, 0.2) is 41.3 Å². The average molecular weight is 215 g/mol. The number of rotatable bonds is 1. The van der Waals surface area contributed by atoms with Crippen LogP contribution in [-0.2, 0) is 4.79 Å². The van der Waals surface area contributed by atoms with Crippen LogP contribution in [0.4, 0.5) is 0 Å². The number of esters is 1. The number of hydrogen-bond acceptors (Lipinski definition) is 4. The van der Waals surface area contributed by atoms with Crippen LogP contribution in [0.2, 0.25) is 0 Å². The van der Waals surface area contributed by atoms with Gasteiger partial charge in [-0.05, 0) is 24.3 Å². The molecule has 0 N–H and O–H groups in total. The Morgan fingerprint density at radius 3 is 2.88 bits per heavy atom. The first kappa shape index (κ1) is 10.3. The number of nitrogens with zero attached hydrogens (tertiary/aromatic N) is 1. The fourth-order valence-electron chi connectivity index (χ4n) is 1.37. The largest absolute Gasteiger partial charge is 0.423 e. The quantitative estimate of drug-likeness (QED) is 0.677. The van der Waals surface area contributed by atoms with E-state index >= 15 is 0 Å².